The Labute approximate surface area is 92.8 Å². The summed E-state index contributed by atoms with van der Waals surface area (Å²) in [6, 6.07) is 2.78. The highest BCUT2D eigenvalue weighted by atomic mass is 127. The van der Waals surface area contributed by atoms with Gasteiger partial charge in [0.2, 0.25) is 0 Å². The van der Waals surface area contributed by atoms with Gasteiger partial charge in [-0.15, -0.1) is 0 Å². The fourth-order valence-corrected chi connectivity index (χ4v) is 1.79. The normalized spacial score (nSPS) is 10.1. The molecule has 1 rings (SSSR count). The minimum atomic E-state index is -0.521. The molecule has 0 saturated heterocycles. The maximum Gasteiger partial charge on any atom is 0.284 e. The van der Waals surface area contributed by atoms with Crippen LogP contribution in [0.5, 0.6) is 0 Å². The first kappa shape index (κ1) is 10.7. The number of nitrogens with zero attached hydrogens (tertiary/aromatic N) is 1. The van der Waals surface area contributed by atoms with Gasteiger partial charge >= 0.3 is 0 Å². The molecule has 1 aromatic rings. The lowest BCUT2D eigenvalue weighted by Crippen LogP contribution is -1.96. The summed E-state index contributed by atoms with van der Waals surface area (Å²) in [5.41, 5.74) is 0.400. The zero-order valence-electron chi connectivity index (χ0n) is 6.33. The molecule has 0 saturated carbocycles. The van der Waals surface area contributed by atoms with Crippen LogP contribution < -0.4 is 0 Å². The minimum absolute atomic E-state index is 0.0721. The van der Waals surface area contributed by atoms with Crippen LogP contribution in [0.3, 0.4) is 0 Å². The number of aliphatic hydroxyl groups excluding tert-OH is 1. The summed E-state index contributed by atoms with van der Waals surface area (Å²) in [6.45, 7) is -0.250. The van der Waals surface area contributed by atoms with Crippen LogP contribution in [0.1, 0.15) is 5.56 Å². The van der Waals surface area contributed by atoms with E-state index in [-0.39, 0.29) is 17.3 Å². The van der Waals surface area contributed by atoms with Crippen molar-refractivity contribution in [3.8, 4) is 0 Å². The van der Waals surface area contributed by atoms with E-state index in [0.717, 1.165) is 0 Å². The summed E-state index contributed by atoms with van der Waals surface area (Å²) >= 11 is 7.44. The molecule has 6 heteroatoms. The van der Waals surface area contributed by atoms with Crippen LogP contribution in [-0.4, -0.2) is 10.0 Å². The molecule has 0 bridgehead atoms. The van der Waals surface area contributed by atoms with E-state index in [0.29, 0.717) is 9.13 Å². The molecule has 1 N–H and O–H groups in total. The van der Waals surface area contributed by atoms with Gasteiger partial charge in [-0.1, -0.05) is 11.6 Å². The van der Waals surface area contributed by atoms with Gasteiger partial charge in [-0.2, -0.15) is 0 Å². The number of nitro groups is 1. The number of aliphatic hydroxyl groups is 1. The van der Waals surface area contributed by atoms with Gasteiger partial charge in [0.15, 0.2) is 0 Å². The maximum absolute atomic E-state index is 10.5. The van der Waals surface area contributed by atoms with E-state index in [2.05, 4.69) is 0 Å². The summed E-state index contributed by atoms with van der Waals surface area (Å²) in [5, 5.41) is 19.6. The molecule has 0 spiro atoms. The molecule has 1 aromatic carbocycles. The number of hydrogen-bond donors (Lipinski definition) is 1. The third kappa shape index (κ3) is 2.29. The van der Waals surface area contributed by atoms with Gasteiger partial charge in [0, 0.05) is 11.1 Å². The average Bonchev–Trinajstić information content (AvgIpc) is 2.08. The van der Waals surface area contributed by atoms with Gasteiger partial charge in [-0.05, 0) is 34.2 Å². The largest absolute Gasteiger partial charge is 0.392 e. The summed E-state index contributed by atoms with van der Waals surface area (Å²) in [6.07, 6.45) is 0. The van der Waals surface area contributed by atoms with E-state index in [9.17, 15) is 10.1 Å². The van der Waals surface area contributed by atoms with Crippen molar-refractivity contribution < 1.29 is 10.0 Å². The van der Waals surface area contributed by atoms with Gasteiger partial charge in [-0.25, -0.2) is 0 Å². The molecular formula is C7H5ClINO3. The fraction of sp³-hybridized carbons (Fsp3) is 0.143. The number of benzene rings is 1. The van der Waals surface area contributed by atoms with Crippen molar-refractivity contribution in [2.45, 2.75) is 6.61 Å². The van der Waals surface area contributed by atoms with Crippen molar-refractivity contribution in [3.63, 3.8) is 0 Å². The predicted molar refractivity (Wildman–Crippen MR) is 56.7 cm³/mol. The molecule has 0 heterocycles. The van der Waals surface area contributed by atoms with E-state index < -0.39 is 4.92 Å². The lowest BCUT2D eigenvalue weighted by molar-refractivity contribution is -0.385. The smallest absolute Gasteiger partial charge is 0.284 e. The summed E-state index contributed by atoms with van der Waals surface area (Å²) in [7, 11) is 0. The molecule has 70 valence electrons. The molecule has 0 fully saturated rings. The highest BCUT2D eigenvalue weighted by molar-refractivity contribution is 14.1. The number of halogens is 2. The maximum atomic E-state index is 10.5. The van der Waals surface area contributed by atoms with E-state index >= 15 is 0 Å². The van der Waals surface area contributed by atoms with Crippen LogP contribution >= 0.6 is 34.2 Å². The van der Waals surface area contributed by atoms with Crippen molar-refractivity contribution in [2.75, 3.05) is 0 Å². The second-order valence-electron chi connectivity index (χ2n) is 2.31. The van der Waals surface area contributed by atoms with E-state index in [1.165, 1.54) is 12.1 Å². The second-order valence-corrected chi connectivity index (χ2v) is 3.83. The predicted octanol–water partition coefficient (Wildman–Crippen LogP) is 2.35. The van der Waals surface area contributed by atoms with Gasteiger partial charge in [0.25, 0.3) is 5.69 Å². The van der Waals surface area contributed by atoms with Crippen molar-refractivity contribution in [3.05, 3.63) is 36.4 Å². The first-order chi connectivity index (χ1) is 6.06. The molecule has 0 aliphatic rings. The highest BCUT2D eigenvalue weighted by Gasteiger charge is 2.16. The van der Waals surface area contributed by atoms with Gasteiger partial charge in [0.05, 0.1) is 15.1 Å². The molecule has 0 unspecified atom stereocenters. The number of hydrogen-bond acceptors (Lipinski definition) is 3. The molecule has 0 amide bonds. The Bertz CT molecular complexity index is 356. The molecule has 0 aromatic heterocycles. The average molecular weight is 313 g/mol. The number of nitro benzene ring substituents is 1. The molecule has 0 atom stereocenters. The van der Waals surface area contributed by atoms with Crippen LogP contribution in [0, 0.1) is 13.7 Å². The van der Waals surface area contributed by atoms with Crippen molar-refractivity contribution in [2.24, 2.45) is 0 Å². The van der Waals surface area contributed by atoms with Crippen molar-refractivity contribution >= 4 is 39.9 Å². The van der Waals surface area contributed by atoms with E-state index in [4.69, 9.17) is 16.7 Å². The second kappa shape index (κ2) is 4.21. The van der Waals surface area contributed by atoms with Crippen molar-refractivity contribution in [1.29, 1.82) is 0 Å². The Morgan fingerprint density at radius 3 is 2.69 bits per heavy atom. The number of rotatable bonds is 2. The molecule has 0 aliphatic carbocycles. The Balaban J connectivity index is 3.35. The van der Waals surface area contributed by atoms with Crippen LogP contribution in [0.15, 0.2) is 12.1 Å². The summed E-state index contributed by atoms with van der Waals surface area (Å²) in [4.78, 5) is 9.98. The summed E-state index contributed by atoms with van der Waals surface area (Å²) in [5.74, 6) is 0. The molecule has 4 nitrogen and oxygen atoms in total. The minimum Gasteiger partial charge on any atom is -0.392 e. The third-order valence-electron chi connectivity index (χ3n) is 1.46. The van der Waals surface area contributed by atoms with Crippen LogP contribution in [0.4, 0.5) is 5.69 Å². The lowest BCUT2D eigenvalue weighted by Gasteiger charge is -2.02. The Morgan fingerprint density at radius 1 is 1.62 bits per heavy atom. The van der Waals surface area contributed by atoms with Gasteiger partial charge in [-0.3, -0.25) is 10.1 Å². The van der Waals surface area contributed by atoms with Gasteiger partial charge < -0.3 is 5.11 Å². The molecule has 0 radical (unpaired) electrons. The van der Waals surface area contributed by atoms with Gasteiger partial charge in [0.1, 0.15) is 0 Å². The zero-order chi connectivity index (χ0) is 10.0. The Hall–Kier alpha value is -0.400. The third-order valence-corrected chi connectivity index (χ3v) is 2.92. The van der Waals surface area contributed by atoms with Crippen LogP contribution in [0.25, 0.3) is 0 Å². The SMILES string of the molecule is O=[N+]([O-])c1cc(Cl)cc(CO)c1I. The Morgan fingerprint density at radius 2 is 2.23 bits per heavy atom. The van der Waals surface area contributed by atoms with E-state index in [1.54, 1.807) is 0 Å². The first-order valence-electron chi connectivity index (χ1n) is 3.29. The van der Waals surface area contributed by atoms with Crippen LogP contribution in [-0.2, 0) is 6.61 Å². The van der Waals surface area contributed by atoms with Crippen molar-refractivity contribution in [1.82, 2.24) is 0 Å². The topological polar surface area (TPSA) is 63.4 Å². The van der Waals surface area contributed by atoms with Crippen LogP contribution in [0.2, 0.25) is 5.02 Å². The zero-order valence-corrected chi connectivity index (χ0v) is 9.24. The Kier molecular flexibility index (Phi) is 3.46. The molecule has 13 heavy (non-hydrogen) atoms. The summed E-state index contributed by atoms with van der Waals surface area (Å²) < 4.78 is 0.425. The molecule has 0 aliphatic heterocycles. The highest BCUT2D eigenvalue weighted by Crippen LogP contribution is 2.28. The standard InChI is InChI=1S/C7H5ClINO3/c8-5-1-4(3-11)7(9)6(2-5)10(12)13/h1-2,11H,3H2. The molecular weight excluding hydrogens is 308 g/mol. The first-order valence-corrected chi connectivity index (χ1v) is 4.75. The lowest BCUT2D eigenvalue weighted by atomic mass is 10.2. The quantitative estimate of drug-likeness (QED) is 0.518. The van der Waals surface area contributed by atoms with E-state index in [1.807, 2.05) is 22.6 Å². The fourth-order valence-electron chi connectivity index (χ4n) is 0.878. The monoisotopic (exact) mass is 313 g/mol.